The van der Waals surface area contributed by atoms with Gasteiger partial charge in [-0.15, -0.1) is 0 Å². The van der Waals surface area contributed by atoms with E-state index in [1.54, 1.807) is 60.0 Å². The molecule has 0 bridgehead atoms. The zero-order chi connectivity index (χ0) is 78.6. The lowest BCUT2D eigenvalue weighted by molar-refractivity contribution is -0.385. The number of nitrogens with one attached hydrogen (secondary N) is 1. The fourth-order valence-corrected chi connectivity index (χ4v) is 12.1. The monoisotopic (exact) mass is 1570 g/mol. The molecule has 0 saturated carbocycles. The molecule has 0 aliphatic rings. The second kappa shape index (κ2) is 41.1. The molecule has 0 radical (unpaired) electrons. The van der Waals surface area contributed by atoms with Gasteiger partial charge in [-0.05, 0) is 63.1 Å². The minimum absolute atomic E-state index is 0.00278. The summed E-state index contributed by atoms with van der Waals surface area (Å²) in [6, 6.07) is 8.83. The van der Waals surface area contributed by atoms with Crippen LogP contribution >= 0.6 is 11.6 Å². The Bertz CT molecular complexity index is 4070. The number of hydrogen-bond acceptors (Lipinski definition) is 24. The highest BCUT2D eigenvalue weighted by molar-refractivity contribution is 6.77. The quantitative estimate of drug-likeness (QED) is 0.0171. The predicted octanol–water partition coefficient (Wildman–Crippen LogP) is 12.9. The van der Waals surface area contributed by atoms with Crippen LogP contribution < -0.4 is 5.32 Å². The molecule has 9 rings (SSSR count). The molecule has 1 amide bonds. The van der Waals surface area contributed by atoms with Crippen molar-refractivity contribution in [2.24, 2.45) is 0 Å². The Morgan fingerprint density at radius 1 is 0.457 bits per heavy atom. The van der Waals surface area contributed by atoms with Crippen molar-refractivity contribution in [1.82, 2.24) is 78.1 Å². The number of halogens is 1. The predicted molar refractivity (Wildman–Crippen MR) is 408 cm³/mol. The van der Waals surface area contributed by atoms with E-state index in [0.29, 0.717) is 67.1 Å². The van der Waals surface area contributed by atoms with Crippen LogP contribution in [0.25, 0.3) is 11.3 Å². The molecule has 9 aromatic heterocycles. The van der Waals surface area contributed by atoms with Gasteiger partial charge in [-0.25, -0.2) is 47.2 Å². The number of carboxylic acids is 1. The van der Waals surface area contributed by atoms with Crippen molar-refractivity contribution >= 4 is 104 Å². The molecule has 576 valence electrons. The summed E-state index contributed by atoms with van der Waals surface area (Å²) in [6.07, 6.45) is 17.2. The minimum atomic E-state index is -1.12. The number of carboxylic acid groups (broad SMARTS) is 1. The maximum absolute atomic E-state index is 12.6. The van der Waals surface area contributed by atoms with Crippen molar-refractivity contribution in [2.45, 2.75) is 183 Å². The molecule has 0 aliphatic carbocycles. The first kappa shape index (κ1) is 88.4. The topological polar surface area (TPSA) is 435 Å². The lowest BCUT2D eigenvalue weighted by Gasteiger charge is -2.15. The lowest BCUT2D eigenvalue weighted by atomic mass is 10.3. The van der Waals surface area contributed by atoms with Gasteiger partial charge in [-0.3, -0.25) is 45.3 Å². The highest BCUT2D eigenvalue weighted by Crippen LogP contribution is 2.24. The first-order valence-corrected chi connectivity index (χ1v) is 52.3. The van der Waals surface area contributed by atoms with Gasteiger partial charge in [0.05, 0.1) is 49.7 Å². The van der Waals surface area contributed by atoms with Crippen LogP contribution in [0.3, 0.4) is 0 Å². The van der Waals surface area contributed by atoms with Gasteiger partial charge in [-0.1, -0.05) is 110 Å². The standard InChI is InChI=1S/C17H24N6O2Si.2C10H19N3O3Si.C9H16ClN3O3Si.C9H17N3O3Si.C7H5N3O2/c1-13-15(11-20-23(13)12-25-8-9-26(2,3)4)21-17(24)14-10-19-22-7-5-6-18-16(14)22;2*1-9-10(13(14)15)7-11-12(9)8-16-5-6-17(2,3)4;1-17(2,3)5-4-16-7-12-9(10)8(6-11-12)13(14)15;1-16(2,3)5-4-15-8-11-7-9(6-10-11)12(13)14;11-7(12)5-4-9-10-3-1-2-8-6(5)10/h5-7,10-11H,8-9,12H2,1-4H3,(H,21,24);2*7H,5-6,8H2,1-4H3;6H,4-5,7H2,1-3H3;6-7H,4-5,8H2,1-3H3;1-4H,(H,11,12). The van der Waals surface area contributed by atoms with Gasteiger partial charge in [0.25, 0.3) is 5.91 Å². The molecule has 0 saturated heterocycles. The summed E-state index contributed by atoms with van der Waals surface area (Å²) >= 11 is 5.78. The van der Waals surface area contributed by atoms with E-state index in [1.165, 1.54) is 66.6 Å². The zero-order valence-corrected chi connectivity index (χ0v) is 68.8. The fourth-order valence-electron chi connectivity index (χ4n) is 8.09. The van der Waals surface area contributed by atoms with Gasteiger partial charge in [-0.2, -0.15) is 35.7 Å². The number of hydrogen-bond donors (Lipinski definition) is 2. The van der Waals surface area contributed by atoms with Crippen LogP contribution in [0.5, 0.6) is 0 Å². The number of fused-ring (bicyclic) bond motifs is 2. The van der Waals surface area contributed by atoms with Crippen LogP contribution in [0.4, 0.5) is 28.4 Å². The average molecular weight is 1570 g/mol. The molecule has 0 atom stereocenters. The molecular formula is C62H100ClN21O16Si5. The number of carbonyl (C=O) groups excluding carboxylic acids is 1. The summed E-state index contributed by atoms with van der Waals surface area (Å²) in [7, 11) is -5.46. The summed E-state index contributed by atoms with van der Waals surface area (Å²) < 4.78 is 38.0. The zero-order valence-electron chi connectivity index (χ0n) is 63.1. The summed E-state index contributed by atoms with van der Waals surface area (Å²) in [5, 5.41) is 81.4. The number of nitrogens with zero attached hydrogens (tertiary/aromatic N) is 20. The number of ether oxygens (including phenoxy) is 5. The molecule has 0 aliphatic heterocycles. The number of anilines is 1. The van der Waals surface area contributed by atoms with Gasteiger partial charge in [0.1, 0.15) is 87.2 Å². The van der Waals surface area contributed by atoms with E-state index < -0.39 is 66.0 Å². The van der Waals surface area contributed by atoms with Crippen LogP contribution in [0.15, 0.2) is 86.5 Å². The van der Waals surface area contributed by atoms with E-state index in [-0.39, 0.29) is 66.3 Å². The number of aromatic nitrogens is 16. The molecule has 0 spiro atoms. The number of amides is 1. The largest absolute Gasteiger partial charge is 0.477 e. The molecule has 0 unspecified atom stereocenters. The Labute approximate surface area is 618 Å². The Morgan fingerprint density at radius 2 is 0.810 bits per heavy atom. The second-order valence-electron chi connectivity index (χ2n) is 29.9. The molecule has 9 aromatic rings. The normalized spacial score (nSPS) is 11.6. The Balaban J connectivity index is 0.000000271. The van der Waals surface area contributed by atoms with Gasteiger partial charge in [0, 0.05) is 98.2 Å². The average Bonchev–Trinajstić information content (AvgIpc) is 1.67. The molecule has 0 fully saturated rings. The number of aromatic carboxylic acids is 1. The first-order chi connectivity index (χ1) is 49.0. The lowest BCUT2D eigenvalue weighted by Crippen LogP contribution is -2.22. The Morgan fingerprint density at radius 3 is 1.17 bits per heavy atom. The molecule has 2 N–H and O–H groups in total. The summed E-state index contributed by atoms with van der Waals surface area (Å²) in [5.74, 6) is -1.27. The van der Waals surface area contributed by atoms with E-state index in [4.69, 9.17) is 40.4 Å². The van der Waals surface area contributed by atoms with E-state index in [0.717, 1.165) is 48.7 Å². The van der Waals surface area contributed by atoms with Gasteiger partial charge < -0.3 is 34.1 Å². The van der Waals surface area contributed by atoms with E-state index >= 15 is 0 Å². The van der Waals surface area contributed by atoms with Gasteiger partial charge in [0.15, 0.2) is 11.3 Å². The van der Waals surface area contributed by atoms with Gasteiger partial charge in [0.2, 0.25) is 5.15 Å². The van der Waals surface area contributed by atoms with Crippen molar-refractivity contribution in [2.75, 3.05) is 38.4 Å². The third-order valence-corrected chi connectivity index (χ3v) is 23.7. The highest BCUT2D eigenvalue weighted by Gasteiger charge is 2.23. The van der Waals surface area contributed by atoms with Crippen molar-refractivity contribution < 1.29 is 58.1 Å². The molecule has 37 nitrogen and oxygen atoms in total. The van der Waals surface area contributed by atoms with Crippen LogP contribution in [0.1, 0.15) is 37.8 Å². The van der Waals surface area contributed by atoms with Crippen LogP contribution in [0, 0.1) is 61.2 Å². The second-order valence-corrected chi connectivity index (χ2v) is 58.3. The summed E-state index contributed by atoms with van der Waals surface area (Å²) in [4.78, 5) is 71.5. The number of carbonyl (C=O) groups is 2. The van der Waals surface area contributed by atoms with Crippen LogP contribution in [-0.2, 0) is 57.3 Å². The van der Waals surface area contributed by atoms with E-state index in [2.05, 4.69) is 149 Å². The Hall–Kier alpha value is -9.00. The maximum Gasteiger partial charge on any atom is 0.341 e. The maximum atomic E-state index is 12.6. The number of rotatable bonds is 32. The van der Waals surface area contributed by atoms with Crippen molar-refractivity contribution in [3.8, 4) is 0 Å². The van der Waals surface area contributed by atoms with Gasteiger partial charge >= 0.3 is 28.7 Å². The molecule has 43 heteroatoms. The SMILES string of the molecule is C[Si](C)(C)CCOCn1cc([N+](=O)[O-])cn1.C[Si](C)(C)CCOCn1ncc([N+](=O)[O-])c1Cl.Cc1c(NC(=O)c2cnn3cccnc23)cnn1COCC[Si](C)(C)C.Cc1c([N+](=O)[O-])cnn1COCC[Si](C)(C)C.Cc1c([N+](=O)[O-])cnn1COCC[Si](C)(C)C.O=C(O)c1cnn2cccnc12. The fraction of sp³-hybridized carbons (Fsp3) is 0.532. The molecule has 105 heavy (non-hydrogen) atoms. The van der Waals surface area contributed by atoms with E-state index in [1.807, 2.05) is 6.92 Å². The van der Waals surface area contributed by atoms with Crippen LogP contribution in [0.2, 0.25) is 134 Å². The van der Waals surface area contributed by atoms with E-state index in [9.17, 15) is 50.0 Å². The third kappa shape index (κ3) is 32.1. The smallest absolute Gasteiger partial charge is 0.341 e. The third-order valence-electron chi connectivity index (χ3n) is 14.8. The summed E-state index contributed by atoms with van der Waals surface area (Å²) in [6.45, 7) is 44.2. The van der Waals surface area contributed by atoms with Crippen molar-refractivity contribution in [1.29, 1.82) is 0 Å². The Kier molecular flexibility index (Phi) is 34.6. The van der Waals surface area contributed by atoms with Crippen LogP contribution in [-0.4, -0.2) is 188 Å². The first-order valence-electron chi connectivity index (χ1n) is 33.3. The van der Waals surface area contributed by atoms with Crippen molar-refractivity contribution in [3.05, 3.63) is 160 Å². The molecule has 0 aromatic carbocycles. The van der Waals surface area contributed by atoms with Crippen molar-refractivity contribution in [3.63, 3.8) is 0 Å². The highest BCUT2D eigenvalue weighted by atomic mass is 35.5. The molecule has 9 heterocycles. The summed E-state index contributed by atoms with van der Waals surface area (Å²) in [5.41, 5.74) is 3.86. The molecular weight excluding hydrogens is 1470 g/mol. The minimum Gasteiger partial charge on any atom is -0.477 e. The number of nitro groups is 4.